The number of benzene rings is 3. The van der Waals surface area contributed by atoms with Gasteiger partial charge < -0.3 is 14.3 Å². The van der Waals surface area contributed by atoms with Crippen LogP contribution in [0.5, 0.6) is 17.4 Å². The Morgan fingerprint density at radius 2 is 1.61 bits per heavy atom. The molecule has 0 saturated heterocycles. The summed E-state index contributed by atoms with van der Waals surface area (Å²) in [6.45, 7) is 6.33. The molecule has 41 heavy (non-hydrogen) atoms. The Balaban J connectivity index is 1.25. The van der Waals surface area contributed by atoms with Crippen molar-refractivity contribution in [3.05, 3.63) is 96.7 Å². The molecule has 8 heteroatoms. The predicted molar refractivity (Wildman–Crippen MR) is 159 cm³/mol. The van der Waals surface area contributed by atoms with Crippen LogP contribution in [0, 0.1) is 0 Å². The summed E-state index contributed by atoms with van der Waals surface area (Å²) in [5, 5.41) is 12.0. The maximum absolute atomic E-state index is 10.7. The lowest BCUT2D eigenvalue weighted by atomic mass is 9.86. The first-order valence-corrected chi connectivity index (χ1v) is 13.4. The minimum Gasteiger partial charge on any atom is -0.507 e. The number of phenols is 1. The molecule has 8 nitrogen and oxygen atoms in total. The summed E-state index contributed by atoms with van der Waals surface area (Å²) < 4.78 is 16.5. The number of fused-ring (bicyclic) bond motifs is 8. The highest BCUT2D eigenvalue weighted by molar-refractivity contribution is 6.08. The summed E-state index contributed by atoms with van der Waals surface area (Å²) in [7, 11) is 0. The second-order valence-corrected chi connectivity index (χ2v) is 11.2. The van der Waals surface area contributed by atoms with Gasteiger partial charge in [0, 0.05) is 11.6 Å². The van der Waals surface area contributed by atoms with Gasteiger partial charge in [0.2, 0.25) is 17.4 Å². The number of para-hydroxylation sites is 4. The second kappa shape index (κ2) is 8.32. The number of ether oxygens (including phenoxy) is 1. The van der Waals surface area contributed by atoms with Gasteiger partial charge in [0.1, 0.15) is 22.9 Å². The SMILES string of the molecule is CC(C)(C)c1ccc(O)c2c1oc1ncc(Oc3cccc(-n4c5ccccc5n5c6ccccc6nc45)n3)cc12. The molecule has 0 saturated carbocycles. The quantitative estimate of drug-likeness (QED) is 0.245. The van der Waals surface area contributed by atoms with Crippen molar-refractivity contribution in [3.63, 3.8) is 0 Å². The Bertz CT molecular complexity index is 2300. The van der Waals surface area contributed by atoms with Gasteiger partial charge in [-0.15, -0.1) is 0 Å². The number of rotatable bonds is 3. The topological polar surface area (TPSA) is 90.6 Å². The molecule has 0 unspecified atom stereocenters. The number of imidazole rings is 2. The minimum atomic E-state index is -0.168. The molecule has 200 valence electrons. The molecule has 0 radical (unpaired) electrons. The van der Waals surface area contributed by atoms with E-state index in [2.05, 4.69) is 48.4 Å². The fourth-order valence-electron chi connectivity index (χ4n) is 5.66. The zero-order valence-electron chi connectivity index (χ0n) is 22.7. The number of hydrogen-bond acceptors (Lipinski definition) is 6. The van der Waals surface area contributed by atoms with E-state index in [-0.39, 0.29) is 11.2 Å². The van der Waals surface area contributed by atoms with E-state index < -0.39 is 0 Å². The molecule has 0 amide bonds. The Morgan fingerprint density at radius 1 is 0.829 bits per heavy atom. The van der Waals surface area contributed by atoms with E-state index in [1.165, 1.54) is 0 Å². The summed E-state index contributed by atoms with van der Waals surface area (Å²) in [5.41, 5.74) is 5.88. The molecular weight excluding hydrogens is 514 g/mol. The van der Waals surface area contributed by atoms with Crippen LogP contribution in [0.4, 0.5) is 0 Å². The lowest BCUT2D eigenvalue weighted by Crippen LogP contribution is -2.11. The average molecular weight is 540 g/mol. The Hall–Kier alpha value is -5.37. The monoisotopic (exact) mass is 539 g/mol. The predicted octanol–water partition coefficient (Wildman–Crippen LogP) is 7.92. The third-order valence-electron chi connectivity index (χ3n) is 7.50. The van der Waals surface area contributed by atoms with Crippen molar-refractivity contribution < 1.29 is 14.3 Å². The van der Waals surface area contributed by atoms with E-state index in [0.717, 1.165) is 33.4 Å². The van der Waals surface area contributed by atoms with Crippen molar-refractivity contribution in [1.82, 2.24) is 23.9 Å². The molecule has 0 spiro atoms. The van der Waals surface area contributed by atoms with Gasteiger partial charge >= 0.3 is 0 Å². The van der Waals surface area contributed by atoms with E-state index >= 15 is 0 Å². The van der Waals surface area contributed by atoms with Crippen molar-refractivity contribution in [2.24, 2.45) is 0 Å². The van der Waals surface area contributed by atoms with Crippen molar-refractivity contribution in [2.45, 2.75) is 26.2 Å². The molecule has 5 heterocycles. The molecule has 0 aliphatic carbocycles. The van der Waals surface area contributed by atoms with Crippen LogP contribution in [0.2, 0.25) is 0 Å². The molecule has 0 fully saturated rings. The van der Waals surface area contributed by atoms with E-state index in [1.807, 2.05) is 59.2 Å². The smallest absolute Gasteiger partial charge is 0.227 e. The van der Waals surface area contributed by atoms with Crippen LogP contribution in [0.1, 0.15) is 26.3 Å². The zero-order chi connectivity index (χ0) is 27.9. The molecule has 8 aromatic rings. The highest BCUT2D eigenvalue weighted by Crippen LogP contribution is 2.41. The molecule has 0 atom stereocenters. The minimum absolute atomic E-state index is 0.140. The molecule has 0 aliphatic rings. The van der Waals surface area contributed by atoms with Gasteiger partial charge in [-0.25, -0.2) is 9.97 Å². The lowest BCUT2D eigenvalue weighted by Gasteiger charge is -2.19. The van der Waals surface area contributed by atoms with Crippen LogP contribution in [0.3, 0.4) is 0 Å². The van der Waals surface area contributed by atoms with Crippen LogP contribution >= 0.6 is 0 Å². The number of pyridine rings is 2. The third-order valence-corrected chi connectivity index (χ3v) is 7.50. The number of nitrogens with zero attached hydrogens (tertiary/aromatic N) is 5. The zero-order valence-corrected chi connectivity index (χ0v) is 22.7. The van der Waals surface area contributed by atoms with Gasteiger partial charge in [0.25, 0.3) is 0 Å². The van der Waals surface area contributed by atoms with E-state index in [1.54, 1.807) is 18.3 Å². The summed E-state index contributed by atoms with van der Waals surface area (Å²) in [6.07, 6.45) is 1.61. The molecule has 8 rings (SSSR count). The van der Waals surface area contributed by atoms with E-state index in [4.69, 9.17) is 19.1 Å². The van der Waals surface area contributed by atoms with Crippen LogP contribution < -0.4 is 4.74 Å². The summed E-state index contributed by atoms with van der Waals surface area (Å²) >= 11 is 0. The molecule has 5 aromatic heterocycles. The van der Waals surface area contributed by atoms with Crippen molar-refractivity contribution >= 4 is 49.9 Å². The number of furan rings is 1. The van der Waals surface area contributed by atoms with Gasteiger partial charge in [0.05, 0.1) is 39.0 Å². The highest BCUT2D eigenvalue weighted by atomic mass is 16.5. The van der Waals surface area contributed by atoms with E-state index in [9.17, 15) is 5.11 Å². The third kappa shape index (κ3) is 3.50. The number of aromatic nitrogens is 5. The Morgan fingerprint density at radius 3 is 2.44 bits per heavy atom. The fourth-order valence-corrected chi connectivity index (χ4v) is 5.66. The first-order chi connectivity index (χ1) is 19.9. The van der Waals surface area contributed by atoms with Crippen molar-refractivity contribution in [1.29, 1.82) is 0 Å². The Kier molecular flexibility index (Phi) is 4.77. The van der Waals surface area contributed by atoms with Crippen LogP contribution in [0.15, 0.2) is 95.5 Å². The van der Waals surface area contributed by atoms with Crippen molar-refractivity contribution in [3.8, 4) is 23.2 Å². The summed E-state index contributed by atoms with van der Waals surface area (Å²) in [5.74, 6) is 2.48. The first kappa shape index (κ1) is 23.5. The van der Waals surface area contributed by atoms with Gasteiger partial charge in [-0.3, -0.25) is 8.97 Å². The summed E-state index contributed by atoms with van der Waals surface area (Å²) in [6, 6.07) is 27.4. The molecule has 3 aromatic carbocycles. The van der Waals surface area contributed by atoms with Crippen molar-refractivity contribution in [2.75, 3.05) is 0 Å². The number of hydrogen-bond donors (Lipinski definition) is 1. The standard InChI is InChI=1S/C33H25N5O3/c1-33(2,3)21-15-16-26(39)29-20-17-19(18-34-31(20)41-30(21)29)40-28-14-8-13-27(36-28)38-25-12-7-6-11-24(25)37-23-10-5-4-9-22(23)35-32(37)38/h4-18,39H,1-3H3. The molecule has 0 bridgehead atoms. The van der Waals surface area contributed by atoms with Gasteiger partial charge in [0.15, 0.2) is 0 Å². The van der Waals surface area contributed by atoms with Crippen LogP contribution in [-0.2, 0) is 5.41 Å². The maximum atomic E-state index is 10.7. The van der Waals surface area contributed by atoms with Gasteiger partial charge in [-0.1, -0.05) is 57.2 Å². The molecule has 0 aliphatic heterocycles. The largest absolute Gasteiger partial charge is 0.507 e. The number of phenolic OH excluding ortho intramolecular Hbond substituents is 1. The van der Waals surface area contributed by atoms with E-state index in [0.29, 0.717) is 39.5 Å². The average Bonchev–Trinajstić information content (AvgIpc) is 3.61. The molecular formula is C33H25N5O3. The number of aromatic hydroxyl groups is 1. The Labute approximate surface area is 234 Å². The maximum Gasteiger partial charge on any atom is 0.227 e. The normalized spacial score (nSPS) is 12.4. The molecule has 1 N–H and O–H groups in total. The summed E-state index contributed by atoms with van der Waals surface area (Å²) in [4.78, 5) is 14.3. The highest BCUT2D eigenvalue weighted by Gasteiger charge is 2.24. The fraction of sp³-hybridized carbons (Fsp3) is 0.121. The van der Waals surface area contributed by atoms with Crippen LogP contribution in [-0.4, -0.2) is 29.0 Å². The lowest BCUT2D eigenvalue weighted by molar-refractivity contribution is 0.460. The first-order valence-electron chi connectivity index (χ1n) is 13.4. The second-order valence-electron chi connectivity index (χ2n) is 11.2. The van der Waals surface area contributed by atoms with Gasteiger partial charge in [-0.05, 0) is 47.9 Å². The van der Waals surface area contributed by atoms with Gasteiger partial charge in [-0.2, -0.15) is 4.98 Å². The van der Waals surface area contributed by atoms with Crippen LogP contribution in [0.25, 0.3) is 55.7 Å².